The lowest BCUT2D eigenvalue weighted by atomic mass is 9.52. The van der Waals surface area contributed by atoms with Gasteiger partial charge in [-0.1, -0.05) is 105 Å². The molecule has 0 spiro atoms. The van der Waals surface area contributed by atoms with E-state index in [0.29, 0.717) is 6.10 Å². The van der Waals surface area contributed by atoms with E-state index in [9.17, 15) is 0 Å². The maximum Gasteiger partial charge on any atom is 0.126 e. The molecule has 1 heterocycles. The molecule has 1 nitrogen and oxygen atoms in total. The van der Waals surface area contributed by atoms with Crippen LogP contribution in [0.15, 0.2) is 96.3 Å². The van der Waals surface area contributed by atoms with Crippen LogP contribution in [0.3, 0.4) is 0 Å². The van der Waals surface area contributed by atoms with Crippen LogP contribution in [0.5, 0.6) is 0 Å². The number of allylic oxidation sites excluding steroid dienone is 3. The fourth-order valence-electron chi connectivity index (χ4n) is 10.9. The number of rotatable bonds is 1. The fourth-order valence-corrected chi connectivity index (χ4v) is 10.9. The van der Waals surface area contributed by atoms with Gasteiger partial charge in [-0.05, 0) is 122 Å². The predicted molar refractivity (Wildman–Crippen MR) is 180 cm³/mol. The van der Waals surface area contributed by atoms with Crippen molar-refractivity contribution in [2.75, 3.05) is 0 Å². The Labute approximate surface area is 254 Å². The summed E-state index contributed by atoms with van der Waals surface area (Å²) in [5, 5.41) is 10.8. The summed E-state index contributed by atoms with van der Waals surface area (Å²) >= 11 is 0. The van der Waals surface area contributed by atoms with E-state index in [2.05, 4.69) is 84.9 Å². The summed E-state index contributed by atoms with van der Waals surface area (Å²) in [6.07, 6.45) is 16.6. The number of ether oxygens (including phenoxy) is 1. The Morgan fingerprint density at radius 3 is 2.23 bits per heavy atom. The average molecular weight is 561 g/mol. The van der Waals surface area contributed by atoms with Crippen molar-refractivity contribution >= 4 is 48.7 Å². The Hall–Kier alpha value is -3.58. The molecule has 0 bridgehead atoms. The second kappa shape index (κ2) is 9.46. The molecule has 1 aliphatic heterocycles. The lowest BCUT2D eigenvalue weighted by Crippen LogP contribution is -2.52. The van der Waals surface area contributed by atoms with Gasteiger partial charge in [0.2, 0.25) is 0 Å². The zero-order valence-corrected chi connectivity index (χ0v) is 25.0. The highest BCUT2D eigenvalue weighted by Gasteiger charge is 2.53. The minimum atomic E-state index is 0.411. The van der Waals surface area contributed by atoms with E-state index in [1.165, 1.54) is 118 Å². The van der Waals surface area contributed by atoms with E-state index in [4.69, 9.17) is 4.74 Å². The predicted octanol–water partition coefficient (Wildman–Crippen LogP) is 11.4. The van der Waals surface area contributed by atoms with Crippen molar-refractivity contribution < 1.29 is 4.74 Å². The summed E-state index contributed by atoms with van der Waals surface area (Å²) in [5.74, 6) is 5.53. The first-order valence-electron chi connectivity index (χ1n) is 17.2. The van der Waals surface area contributed by atoms with Gasteiger partial charge >= 0.3 is 0 Å². The van der Waals surface area contributed by atoms with Gasteiger partial charge in [0.25, 0.3) is 0 Å². The first kappa shape index (κ1) is 24.8. The summed E-state index contributed by atoms with van der Waals surface area (Å²) in [4.78, 5) is 0. The molecule has 5 aromatic carbocycles. The Balaban J connectivity index is 1.18. The molecule has 214 valence electrons. The highest BCUT2D eigenvalue weighted by Crippen LogP contribution is 2.60. The normalized spacial score (nSPS) is 30.1. The van der Waals surface area contributed by atoms with Gasteiger partial charge in [0.1, 0.15) is 11.9 Å². The zero-order chi connectivity index (χ0) is 28.1. The molecule has 0 aromatic heterocycles. The first-order chi connectivity index (χ1) is 21.3. The largest absolute Gasteiger partial charge is 0.490 e. The summed E-state index contributed by atoms with van der Waals surface area (Å²) in [7, 11) is 0. The van der Waals surface area contributed by atoms with Crippen LogP contribution in [-0.4, -0.2) is 6.10 Å². The molecular weight excluding hydrogens is 520 g/mol. The van der Waals surface area contributed by atoms with Crippen molar-refractivity contribution in [3.05, 3.63) is 102 Å². The van der Waals surface area contributed by atoms with Crippen molar-refractivity contribution in [1.82, 2.24) is 0 Å². The number of hydrogen-bond acceptors (Lipinski definition) is 1. The molecule has 0 amide bonds. The van der Waals surface area contributed by atoms with Crippen molar-refractivity contribution in [3.63, 3.8) is 0 Å². The van der Waals surface area contributed by atoms with Crippen LogP contribution in [0.25, 0.3) is 48.7 Å². The van der Waals surface area contributed by atoms with Crippen LogP contribution in [0, 0.1) is 29.6 Å². The van der Waals surface area contributed by atoms with Crippen LogP contribution in [0.2, 0.25) is 0 Å². The molecule has 0 saturated heterocycles. The molecule has 0 N–H and O–H groups in total. The van der Waals surface area contributed by atoms with Gasteiger partial charge in [-0.15, -0.1) is 0 Å². The third kappa shape index (κ3) is 3.57. The molecule has 5 aliphatic rings. The van der Waals surface area contributed by atoms with Gasteiger partial charge < -0.3 is 4.74 Å². The average Bonchev–Trinajstić information content (AvgIpc) is 3.07. The highest BCUT2D eigenvalue weighted by atomic mass is 16.5. The van der Waals surface area contributed by atoms with E-state index in [1.54, 1.807) is 5.57 Å². The van der Waals surface area contributed by atoms with Crippen molar-refractivity contribution in [2.24, 2.45) is 29.6 Å². The molecule has 43 heavy (non-hydrogen) atoms. The van der Waals surface area contributed by atoms with E-state index < -0.39 is 0 Å². The van der Waals surface area contributed by atoms with Crippen LogP contribution >= 0.6 is 0 Å². The molecule has 6 unspecified atom stereocenters. The van der Waals surface area contributed by atoms with Crippen LogP contribution < -0.4 is 0 Å². The monoisotopic (exact) mass is 560 g/mol. The number of hydrogen-bond donors (Lipinski definition) is 0. The zero-order valence-electron chi connectivity index (χ0n) is 25.0. The van der Waals surface area contributed by atoms with Crippen molar-refractivity contribution in [3.8, 4) is 0 Å². The lowest BCUT2D eigenvalue weighted by molar-refractivity contribution is -0.106. The standard InChI is InChI=1S/C42H40O/c1-3-11-27-25(9-1)19-20-32-31(27)21-22-33-29-13-5-6-14-30(29)39(24-38(32)33)37-18-8-17-36-35-16-7-15-34-28-12-4-2-10-26(28)23-40(41(34)35)43-42(36)37/h1,3,5-6,9,11,13-14,18-22,24,26,28,34-35,40-41H,2,4,7-8,10,12,15-17,23H2. The summed E-state index contributed by atoms with van der Waals surface area (Å²) in [6.45, 7) is 0. The fraction of sp³-hybridized carbons (Fsp3) is 0.381. The van der Waals surface area contributed by atoms with Crippen molar-refractivity contribution in [1.29, 1.82) is 0 Å². The van der Waals surface area contributed by atoms with E-state index in [-0.39, 0.29) is 0 Å². The third-order valence-electron chi connectivity index (χ3n) is 12.6. The minimum absolute atomic E-state index is 0.411. The van der Waals surface area contributed by atoms with Gasteiger partial charge in [-0.2, -0.15) is 0 Å². The maximum absolute atomic E-state index is 7.36. The number of benzene rings is 5. The second-order valence-corrected chi connectivity index (χ2v) is 14.4. The molecule has 5 aromatic rings. The van der Waals surface area contributed by atoms with Crippen molar-refractivity contribution in [2.45, 2.75) is 70.3 Å². The first-order valence-corrected chi connectivity index (χ1v) is 17.2. The Morgan fingerprint density at radius 1 is 0.605 bits per heavy atom. The van der Waals surface area contributed by atoms with Gasteiger partial charge in [0.15, 0.2) is 0 Å². The van der Waals surface area contributed by atoms with Gasteiger partial charge in [0, 0.05) is 11.5 Å². The van der Waals surface area contributed by atoms with Gasteiger partial charge in [-0.3, -0.25) is 0 Å². The molecular formula is C42H40O. The summed E-state index contributed by atoms with van der Waals surface area (Å²) in [6, 6.07) is 29.8. The Morgan fingerprint density at radius 2 is 1.33 bits per heavy atom. The maximum atomic E-state index is 7.36. The minimum Gasteiger partial charge on any atom is -0.490 e. The SMILES string of the molecule is C1=C(c2cc3c(ccc4c5ccccc5ccc43)c3ccccc23)C2=C(CC1)C1CCCC3C4CCCCC4CC(O2)C13. The Bertz CT molecular complexity index is 2010. The smallest absolute Gasteiger partial charge is 0.126 e. The molecule has 10 rings (SSSR count). The highest BCUT2D eigenvalue weighted by molar-refractivity contribution is 6.23. The van der Waals surface area contributed by atoms with E-state index in [0.717, 1.165) is 36.0 Å². The van der Waals surface area contributed by atoms with Crippen LogP contribution in [-0.2, 0) is 4.74 Å². The molecule has 3 fully saturated rings. The molecule has 1 heteroatoms. The topological polar surface area (TPSA) is 9.23 Å². The third-order valence-corrected chi connectivity index (χ3v) is 12.6. The molecule has 4 aliphatic carbocycles. The summed E-state index contributed by atoms with van der Waals surface area (Å²) in [5.41, 5.74) is 4.42. The molecule has 0 radical (unpaired) electrons. The van der Waals surface area contributed by atoms with Gasteiger partial charge in [0.05, 0.1) is 0 Å². The molecule has 3 saturated carbocycles. The lowest BCUT2D eigenvalue weighted by Gasteiger charge is -2.57. The number of fused-ring (bicyclic) bond motifs is 10. The van der Waals surface area contributed by atoms with E-state index in [1.807, 2.05) is 0 Å². The summed E-state index contributed by atoms with van der Waals surface area (Å²) < 4.78 is 7.36. The van der Waals surface area contributed by atoms with Crippen LogP contribution in [0.1, 0.15) is 69.8 Å². The molecule has 6 atom stereocenters. The Kier molecular flexibility index (Phi) is 5.46. The van der Waals surface area contributed by atoms with E-state index >= 15 is 0 Å². The van der Waals surface area contributed by atoms with Gasteiger partial charge in [-0.25, -0.2) is 0 Å². The van der Waals surface area contributed by atoms with Crippen LogP contribution in [0.4, 0.5) is 0 Å². The quantitative estimate of drug-likeness (QED) is 0.185. The second-order valence-electron chi connectivity index (χ2n) is 14.4.